The molecule has 3 aromatic rings. The molecular formula is C23H22ClN5O4. The molecule has 2 aromatic carbocycles. The number of amides is 1. The van der Waals surface area contributed by atoms with E-state index in [1.165, 1.54) is 6.07 Å². The van der Waals surface area contributed by atoms with Crippen molar-refractivity contribution in [2.24, 2.45) is 0 Å². The average molecular weight is 468 g/mol. The van der Waals surface area contributed by atoms with Crippen LogP contribution < -0.4 is 4.90 Å². The van der Waals surface area contributed by atoms with E-state index in [0.29, 0.717) is 22.5 Å². The van der Waals surface area contributed by atoms with Crippen LogP contribution in [-0.2, 0) is 6.54 Å². The maximum absolute atomic E-state index is 13.3. The molecule has 0 unspecified atom stereocenters. The Kier molecular flexibility index (Phi) is 5.72. The Morgan fingerprint density at radius 1 is 1.15 bits per heavy atom. The quantitative estimate of drug-likeness (QED) is 0.366. The van der Waals surface area contributed by atoms with Crippen LogP contribution in [0, 0.1) is 10.1 Å². The summed E-state index contributed by atoms with van der Waals surface area (Å²) in [5.74, 6) is 0.374. The Bertz CT molecular complexity index is 1190. The molecule has 2 fully saturated rings. The maximum Gasteiger partial charge on any atom is 0.293 e. The van der Waals surface area contributed by atoms with Crippen LogP contribution in [0.4, 0.5) is 11.4 Å². The number of benzene rings is 2. The SMILES string of the molecule is O=C(c1ccc(N2CCCC2)c([N+](=O)[O-])c1)N(Cc1nnc(-c2ccc(Cl)cc2)o1)C1CC1. The smallest absolute Gasteiger partial charge is 0.293 e. The summed E-state index contributed by atoms with van der Waals surface area (Å²) in [6.07, 6.45) is 3.76. The lowest BCUT2D eigenvalue weighted by Gasteiger charge is -2.22. The lowest BCUT2D eigenvalue weighted by Crippen LogP contribution is -2.33. The molecule has 1 saturated carbocycles. The summed E-state index contributed by atoms with van der Waals surface area (Å²) in [6.45, 7) is 1.72. The lowest BCUT2D eigenvalue weighted by molar-refractivity contribution is -0.384. The van der Waals surface area contributed by atoms with Crippen LogP contribution in [0.25, 0.3) is 11.5 Å². The minimum absolute atomic E-state index is 0.0405. The number of hydrogen-bond donors (Lipinski definition) is 0. The van der Waals surface area contributed by atoms with E-state index in [4.69, 9.17) is 16.0 Å². The van der Waals surface area contributed by atoms with Crippen molar-refractivity contribution in [3.8, 4) is 11.5 Å². The predicted octanol–water partition coefficient (Wildman–Crippen LogP) is 4.70. The number of nitrogens with zero attached hydrogens (tertiary/aromatic N) is 5. The average Bonchev–Trinajstić information content (AvgIpc) is 3.31. The van der Waals surface area contributed by atoms with Gasteiger partial charge in [0.2, 0.25) is 11.8 Å². The summed E-state index contributed by atoms with van der Waals surface area (Å²) in [5, 5.41) is 20.5. The third-order valence-electron chi connectivity index (χ3n) is 5.98. The first kappa shape index (κ1) is 21.4. The molecule has 1 amide bonds. The van der Waals surface area contributed by atoms with E-state index in [1.54, 1.807) is 41.3 Å². The lowest BCUT2D eigenvalue weighted by atomic mass is 10.1. The molecule has 170 valence electrons. The first-order valence-corrected chi connectivity index (χ1v) is 11.3. The van der Waals surface area contributed by atoms with E-state index in [9.17, 15) is 14.9 Å². The number of rotatable bonds is 7. The maximum atomic E-state index is 13.3. The number of aromatic nitrogens is 2. The standard InChI is InChI=1S/C23H22ClN5O4/c24-17-6-3-15(4-7-17)22-26-25-21(33-22)14-28(18-8-9-18)23(30)16-5-10-19(20(13-16)29(31)32)27-11-1-2-12-27/h3-7,10,13,18H,1-2,8-9,11-12,14H2. The van der Waals surface area contributed by atoms with Gasteiger partial charge in [-0.05, 0) is 62.1 Å². The van der Waals surface area contributed by atoms with Gasteiger partial charge in [-0.2, -0.15) is 0 Å². The number of carbonyl (C=O) groups excluding carboxylic acids is 1. The fraction of sp³-hybridized carbons (Fsp3) is 0.348. The van der Waals surface area contributed by atoms with Crippen LogP contribution in [0.15, 0.2) is 46.9 Å². The Labute approximate surface area is 195 Å². The largest absolute Gasteiger partial charge is 0.419 e. The second kappa shape index (κ2) is 8.82. The molecule has 9 nitrogen and oxygen atoms in total. The van der Waals surface area contributed by atoms with E-state index >= 15 is 0 Å². The molecule has 2 aliphatic rings. The van der Waals surface area contributed by atoms with Crippen LogP contribution >= 0.6 is 11.6 Å². The number of hydrogen-bond acceptors (Lipinski definition) is 7. The number of nitro groups is 1. The summed E-state index contributed by atoms with van der Waals surface area (Å²) in [6, 6.07) is 11.8. The summed E-state index contributed by atoms with van der Waals surface area (Å²) >= 11 is 5.93. The highest BCUT2D eigenvalue weighted by molar-refractivity contribution is 6.30. The third kappa shape index (κ3) is 4.54. The van der Waals surface area contributed by atoms with Crippen molar-refractivity contribution in [3.05, 3.63) is 69.1 Å². The molecule has 1 aromatic heterocycles. The van der Waals surface area contributed by atoms with E-state index in [0.717, 1.165) is 44.3 Å². The number of carbonyl (C=O) groups is 1. The third-order valence-corrected chi connectivity index (χ3v) is 6.23. The number of nitro benzene ring substituents is 1. The minimum atomic E-state index is -0.414. The van der Waals surface area contributed by atoms with Gasteiger partial charge in [-0.15, -0.1) is 10.2 Å². The van der Waals surface area contributed by atoms with Gasteiger partial charge in [-0.3, -0.25) is 14.9 Å². The first-order chi connectivity index (χ1) is 16.0. The van der Waals surface area contributed by atoms with Gasteiger partial charge in [0, 0.05) is 41.3 Å². The summed E-state index contributed by atoms with van der Waals surface area (Å²) in [5.41, 5.74) is 1.54. The van der Waals surface area contributed by atoms with E-state index < -0.39 is 4.92 Å². The van der Waals surface area contributed by atoms with Crippen molar-refractivity contribution in [1.82, 2.24) is 15.1 Å². The van der Waals surface area contributed by atoms with Gasteiger partial charge in [-0.25, -0.2) is 0 Å². The van der Waals surface area contributed by atoms with Gasteiger partial charge in [-0.1, -0.05) is 11.6 Å². The van der Waals surface area contributed by atoms with Crippen molar-refractivity contribution < 1.29 is 14.1 Å². The summed E-state index contributed by atoms with van der Waals surface area (Å²) in [4.78, 5) is 28.3. The van der Waals surface area contributed by atoms with E-state index in [2.05, 4.69) is 10.2 Å². The second-order valence-corrected chi connectivity index (χ2v) is 8.76. The Morgan fingerprint density at radius 3 is 2.55 bits per heavy atom. The van der Waals surface area contributed by atoms with E-state index in [-0.39, 0.29) is 29.7 Å². The van der Waals surface area contributed by atoms with Crippen molar-refractivity contribution >= 4 is 28.9 Å². The molecule has 0 atom stereocenters. The van der Waals surface area contributed by atoms with Crippen LogP contribution in [0.5, 0.6) is 0 Å². The molecule has 0 radical (unpaired) electrons. The van der Waals surface area contributed by atoms with Crippen molar-refractivity contribution in [1.29, 1.82) is 0 Å². The minimum Gasteiger partial charge on any atom is -0.419 e. The van der Waals surface area contributed by atoms with Crippen LogP contribution in [0.1, 0.15) is 41.9 Å². The molecule has 33 heavy (non-hydrogen) atoms. The zero-order valence-corrected chi connectivity index (χ0v) is 18.6. The van der Waals surface area contributed by atoms with Gasteiger partial charge < -0.3 is 14.2 Å². The van der Waals surface area contributed by atoms with Gasteiger partial charge in [0.15, 0.2) is 0 Å². The van der Waals surface area contributed by atoms with E-state index in [1.807, 2.05) is 4.90 Å². The number of anilines is 1. The Balaban J connectivity index is 1.38. The predicted molar refractivity (Wildman–Crippen MR) is 122 cm³/mol. The summed E-state index contributed by atoms with van der Waals surface area (Å²) in [7, 11) is 0. The highest BCUT2D eigenvalue weighted by Gasteiger charge is 2.35. The molecule has 5 rings (SSSR count). The highest BCUT2D eigenvalue weighted by atomic mass is 35.5. The van der Waals surface area contributed by atoms with Crippen LogP contribution in [0.2, 0.25) is 5.02 Å². The van der Waals surface area contributed by atoms with Crippen LogP contribution in [0.3, 0.4) is 0 Å². The molecule has 10 heteroatoms. The van der Waals surface area contributed by atoms with Crippen molar-refractivity contribution in [2.75, 3.05) is 18.0 Å². The van der Waals surface area contributed by atoms with Crippen molar-refractivity contribution in [3.63, 3.8) is 0 Å². The fourth-order valence-corrected chi connectivity index (χ4v) is 4.25. The monoisotopic (exact) mass is 467 g/mol. The molecular weight excluding hydrogens is 446 g/mol. The highest BCUT2D eigenvalue weighted by Crippen LogP contribution is 2.34. The molecule has 0 N–H and O–H groups in total. The van der Waals surface area contributed by atoms with Crippen LogP contribution in [-0.4, -0.2) is 45.1 Å². The molecule has 0 spiro atoms. The van der Waals surface area contributed by atoms with Gasteiger partial charge in [0.25, 0.3) is 11.6 Å². The van der Waals surface area contributed by atoms with Gasteiger partial charge >= 0.3 is 0 Å². The molecule has 1 aliphatic heterocycles. The normalized spacial score (nSPS) is 15.6. The second-order valence-electron chi connectivity index (χ2n) is 8.33. The van der Waals surface area contributed by atoms with Crippen molar-refractivity contribution in [2.45, 2.75) is 38.3 Å². The van der Waals surface area contributed by atoms with Gasteiger partial charge in [0.1, 0.15) is 5.69 Å². The molecule has 1 saturated heterocycles. The zero-order chi connectivity index (χ0) is 22.9. The molecule has 2 heterocycles. The summed E-state index contributed by atoms with van der Waals surface area (Å²) < 4.78 is 5.78. The molecule has 0 bridgehead atoms. The first-order valence-electron chi connectivity index (χ1n) is 10.9. The Hall–Kier alpha value is -3.46. The zero-order valence-electron chi connectivity index (χ0n) is 17.8. The van der Waals surface area contributed by atoms with Gasteiger partial charge in [0.05, 0.1) is 11.5 Å². The Morgan fingerprint density at radius 2 is 1.88 bits per heavy atom. The molecule has 1 aliphatic carbocycles. The number of halogens is 1. The fourth-order valence-electron chi connectivity index (χ4n) is 4.12. The topological polar surface area (TPSA) is 106 Å².